The zero-order valence-electron chi connectivity index (χ0n) is 13.8. The Morgan fingerprint density at radius 1 is 1.44 bits per heavy atom. The molecule has 0 aliphatic carbocycles. The number of aromatic nitrogens is 1. The van der Waals surface area contributed by atoms with Crippen molar-refractivity contribution in [3.63, 3.8) is 0 Å². The second-order valence-corrected chi connectivity index (χ2v) is 5.76. The van der Waals surface area contributed by atoms with Gasteiger partial charge in [-0.25, -0.2) is 9.37 Å². The Morgan fingerprint density at radius 2 is 2.20 bits per heavy atom. The van der Waals surface area contributed by atoms with E-state index >= 15 is 0 Å². The number of nitrogens with one attached hydrogen (secondary N) is 1. The van der Waals surface area contributed by atoms with Crippen LogP contribution in [0.15, 0.2) is 30.3 Å². The maximum atomic E-state index is 12.9. The first kappa shape index (κ1) is 17.2. The van der Waals surface area contributed by atoms with E-state index in [-0.39, 0.29) is 35.7 Å². The van der Waals surface area contributed by atoms with Crippen LogP contribution in [0, 0.1) is 5.82 Å². The predicted octanol–water partition coefficient (Wildman–Crippen LogP) is 2.72. The molecule has 132 valence electrons. The van der Waals surface area contributed by atoms with Gasteiger partial charge in [0.05, 0.1) is 18.9 Å². The fraction of sp³-hybridized carbons (Fsp3) is 0.333. The van der Waals surface area contributed by atoms with Crippen molar-refractivity contribution < 1.29 is 23.8 Å². The highest BCUT2D eigenvalue weighted by Crippen LogP contribution is 2.35. The zero-order chi connectivity index (χ0) is 17.8. The van der Waals surface area contributed by atoms with Crippen molar-refractivity contribution in [2.45, 2.75) is 25.5 Å². The molecule has 0 unspecified atom stereocenters. The molecule has 3 rings (SSSR count). The van der Waals surface area contributed by atoms with E-state index < -0.39 is 5.91 Å². The molecule has 25 heavy (non-hydrogen) atoms. The molecular weight excluding hydrogens is 327 g/mol. The third-order valence-corrected chi connectivity index (χ3v) is 4.04. The molecule has 1 aliphatic rings. The van der Waals surface area contributed by atoms with Crippen LogP contribution < -0.4 is 10.1 Å². The predicted molar refractivity (Wildman–Crippen MR) is 88.0 cm³/mol. The molecule has 1 aliphatic heterocycles. The lowest BCUT2D eigenvalue weighted by Crippen LogP contribution is -2.24. The first-order chi connectivity index (χ1) is 12.1. The van der Waals surface area contributed by atoms with Crippen LogP contribution in [0.4, 0.5) is 4.39 Å². The van der Waals surface area contributed by atoms with E-state index in [9.17, 15) is 14.3 Å². The number of methoxy groups -OCH3 is 1. The van der Waals surface area contributed by atoms with Gasteiger partial charge < -0.3 is 19.9 Å². The lowest BCUT2D eigenvalue weighted by Gasteiger charge is -2.14. The number of hydrogen-bond donors (Lipinski definition) is 2. The van der Waals surface area contributed by atoms with Gasteiger partial charge in [-0.1, -0.05) is 12.1 Å². The molecule has 6 nitrogen and oxygen atoms in total. The third kappa shape index (κ3) is 3.88. The van der Waals surface area contributed by atoms with Gasteiger partial charge in [-0.2, -0.15) is 0 Å². The minimum absolute atomic E-state index is 0.119. The third-order valence-electron chi connectivity index (χ3n) is 4.04. The number of nitrogens with zero attached hydrogens (tertiary/aromatic N) is 1. The zero-order valence-corrected chi connectivity index (χ0v) is 13.8. The normalized spacial score (nSPS) is 16.6. The van der Waals surface area contributed by atoms with Gasteiger partial charge in [0.25, 0.3) is 5.91 Å². The van der Waals surface area contributed by atoms with Crippen LogP contribution in [0.5, 0.6) is 11.5 Å². The summed E-state index contributed by atoms with van der Waals surface area (Å²) in [6, 6.07) is 7.37. The standard InChI is InChI=1S/C18H19FN2O4/c1-24-15-9-13(14-3-2-8-25-14)21-16(17(15)22)18(23)20-10-11-4-6-12(19)7-5-11/h4-7,9,14,22H,2-3,8,10H2,1H3,(H,20,23)/t14-/m0/s1. The summed E-state index contributed by atoms with van der Waals surface area (Å²) in [6.45, 7) is 0.828. The monoisotopic (exact) mass is 346 g/mol. The summed E-state index contributed by atoms with van der Waals surface area (Å²) in [5.41, 5.74) is 1.17. The number of halogens is 1. The fourth-order valence-corrected chi connectivity index (χ4v) is 2.69. The second kappa shape index (κ2) is 7.48. The SMILES string of the molecule is COc1cc([C@@H]2CCCO2)nc(C(=O)NCc2ccc(F)cc2)c1O. The van der Waals surface area contributed by atoms with Crippen molar-refractivity contribution in [2.75, 3.05) is 13.7 Å². The second-order valence-electron chi connectivity index (χ2n) is 5.76. The van der Waals surface area contributed by atoms with Crippen molar-refractivity contribution in [3.05, 3.63) is 53.1 Å². The van der Waals surface area contributed by atoms with E-state index in [0.717, 1.165) is 18.4 Å². The van der Waals surface area contributed by atoms with Crippen LogP contribution in [0.25, 0.3) is 0 Å². The van der Waals surface area contributed by atoms with E-state index in [1.165, 1.54) is 19.2 Å². The fourth-order valence-electron chi connectivity index (χ4n) is 2.69. The van der Waals surface area contributed by atoms with Gasteiger partial charge >= 0.3 is 0 Å². The van der Waals surface area contributed by atoms with E-state index in [2.05, 4.69) is 10.3 Å². The van der Waals surface area contributed by atoms with E-state index in [1.54, 1.807) is 18.2 Å². The topological polar surface area (TPSA) is 80.7 Å². The molecule has 1 atom stereocenters. The number of amides is 1. The Morgan fingerprint density at radius 3 is 2.84 bits per heavy atom. The lowest BCUT2D eigenvalue weighted by atomic mass is 10.1. The minimum atomic E-state index is -0.542. The Labute approximate surface area is 144 Å². The average molecular weight is 346 g/mol. The summed E-state index contributed by atoms with van der Waals surface area (Å²) < 4.78 is 23.7. The summed E-state index contributed by atoms with van der Waals surface area (Å²) in [6.07, 6.45) is 1.51. The number of hydrogen-bond acceptors (Lipinski definition) is 5. The molecule has 1 saturated heterocycles. The van der Waals surface area contributed by atoms with Gasteiger partial charge in [0, 0.05) is 19.2 Å². The molecule has 1 fully saturated rings. The lowest BCUT2D eigenvalue weighted by molar-refractivity contribution is 0.0935. The van der Waals surface area contributed by atoms with Crippen molar-refractivity contribution >= 4 is 5.91 Å². The number of ether oxygens (including phenoxy) is 2. The van der Waals surface area contributed by atoms with Gasteiger partial charge in [0.1, 0.15) is 5.82 Å². The molecule has 2 N–H and O–H groups in total. The maximum absolute atomic E-state index is 12.9. The largest absolute Gasteiger partial charge is 0.503 e. The van der Waals surface area contributed by atoms with Gasteiger partial charge in [0.2, 0.25) is 0 Å². The van der Waals surface area contributed by atoms with Crippen LogP contribution in [-0.2, 0) is 11.3 Å². The summed E-state index contributed by atoms with van der Waals surface area (Å²) in [5, 5.41) is 12.9. The molecule has 0 saturated carbocycles. The summed E-state index contributed by atoms with van der Waals surface area (Å²) in [5.74, 6) is -1.03. The Bertz CT molecular complexity index is 758. The first-order valence-corrected chi connectivity index (χ1v) is 8.00. The molecule has 1 aromatic heterocycles. The smallest absolute Gasteiger partial charge is 0.274 e. The number of rotatable bonds is 5. The number of pyridine rings is 1. The Balaban J connectivity index is 1.80. The molecular formula is C18H19FN2O4. The maximum Gasteiger partial charge on any atom is 0.274 e. The van der Waals surface area contributed by atoms with E-state index in [1.807, 2.05) is 0 Å². The van der Waals surface area contributed by atoms with Crippen molar-refractivity contribution in [2.24, 2.45) is 0 Å². The molecule has 0 spiro atoms. The summed E-state index contributed by atoms with van der Waals surface area (Å²) >= 11 is 0. The van der Waals surface area contributed by atoms with E-state index in [0.29, 0.717) is 12.3 Å². The molecule has 1 amide bonds. The summed E-state index contributed by atoms with van der Waals surface area (Å²) in [7, 11) is 1.41. The van der Waals surface area contributed by atoms with Gasteiger partial charge in [-0.05, 0) is 30.5 Å². The Kier molecular flexibility index (Phi) is 5.14. The van der Waals surface area contributed by atoms with Crippen LogP contribution in [0.1, 0.15) is 40.7 Å². The quantitative estimate of drug-likeness (QED) is 0.870. The number of aromatic hydroxyl groups is 1. The molecule has 2 heterocycles. The first-order valence-electron chi connectivity index (χ1n) is 8.00. The minimum Gasteiger partial charge on any atom is -0.503 e. The van der Waals surface area contributed by atoms with Gasteiger partial charge in [-0.3, -0.25) is 4.79 Å². The highest BCUT2D eigenvalue weighted by molar-refractivity contribution is 5.95. The van der Waals surface area contributed by atoms with Crippen LogP contribution >= 0.6 is 0 Å². The van der Waals surface area contributed by atoms with Crippen molar-refractivity contribution in [1.29, 1.82) is 0 Å². The average Bonchev–Trinajstić information content (AvgIpc) is 3.16. The van der Waals surface area contributed by atoms with E-state index in [4.69, 9.17) is 9.47 Å². The van der Waals surface area contributed by atoms with Crippen molar-refractivity contribution in [1.82, 2.24) is 10.3 Å². The highest BCUT2D eigenvalue weighted by Gasteiger charge is 2.25. The Hall–Kier alpha value is -2.67. The molecule has 0 bridgehead atoms. The highest BCUT2D eigenvalue weighted by atomic mass is 19.1. The number of carbonyl (C=O) groups is 1. The molecule has 0 radical (unpaired) electrons. The van der Waals surface area contributed by atoms with Crippen LogP contribution in [0.3, 0.4) is 0 Å². The number of benzene rings is 1. The summed E-state index contributed by atoms with van der Waals surface area (Å²) in [4.78, 5) is 16.7. The van der Waals surface area contributed by atoms with Gasteiger partial charge in [-0.15, -0.1) is 0 Å². The molecule has 2 aromatic rings. The van der Waals surface area contributed by atoms with Crippen LogP contribution in [0.2, 0.25) is 0 Å². The number of carbonyl (C=O) groups excluding carboxylic acids is 1. The van der Waals surface area contributed by atoms with Crippen LogP contribution in [-0.4, -0.2) is 29.7 Å². The molecule has 1 aromatic carbocycles. The van der Waals surface area contributed by atoms with Crippen molar-refractivity contribution in [3.8, 4) is 11.5 Å². The molecule has 7 heteroatoms. The van der Waals surface area contributed by atoms with Gasteiger partial charge in [0.15, 0.2) is 17.2 Å².